The van der Waals surface area contributed by atoms with E-state index < -0.39 is 18.5 Å². The molecule has 3 rings (SSSR count). The predicted molar refractivity (Wildman–Crippen MR) is 97.3 cm³/mol. The number of fused-ring (bicyclic) bond motifs is 1. The summed E-state index contributed by atoms with van der Waals surface area (Å²) in [6.45, 7) is -0.259. The van der Waals surface area contributed by atoms with Gasteiger partial charge in [0.1, 0.15) is 5.58 Å². The van der Waals surface area contributed by atoms with E-state index in [0.717, 1.165) is 5.39 Å². The highest BCUT2D eigenvalue weighted by Crippen LogP contribution is 2.27. The molecule has 3 aromatic rings. The molecule has 0 aliphatic rings. The topological polar surface area (TPSA) is 77.8 Å². The van der Waals surface area contributed by atoms with E-state index >= 15 is 0 Å². The van der Waals surface area contributed by atoms with Crippen LogP contribution < -0.4 is 5.32 Å². The van der Waals surface area contributed by atoms with Gasteiger partial charge in [-0.25, -0.2) is 4.79 Å². The minimum atomic E-state index is -0.727. The van der Waals surface area contributed by atoms with Gasteiger partial charge >= 0.3 is 5.97 Å². The molecular weight excluding hydrogens is 358 g/mol. The third-order valence-electron chi connectivity index (χ3n) is 3.62. The van der Waals surface area contributed by atoms with E-state index in [9.17, 15) is 9.59 Å². The molecule has 6 nitrogen and oxygen atoms in total. The van der Waals surface area contributed by atoms with E-state index in [1.54, 1.807) is 36.4 Å². The summed E-state index contributed by atoms with van der Waals surface area (Å²) < 4.78 is 15.8. The predicted octanol–water partition coefficient (Wildman–Crippen LogP) is 4.03. The maximum atomic E-state index is 12.3. The molecule has 0 unspecified atom stereocenters. The summed E-state index contributed by atoms with van der Waals surface area (Å²) in [6, 6.07) is 13.9. The zero-order valence-corrected chi connectivity index (χ0v) is 14.7. The molecule has 2 aromatic carbocycles. The van der Waals surface area contributed by atoms with Gasteiger partial charge in [-0.2, -0.15) is 0 Å². The minimum Gasteiger partial charge on any atom is -0.450 e. The fourth-order valence-electron chi connectivity index (χ4n) is 2.51. The van der Waals surface area contributed by atoms with Crippen LogP contribution in [0.5, 0.6) is 0 Å². The van der Waals surface area contributed by atoms with Gasteiger partial charge in [0.2, 0.25) is 5.76 Å². The summed E-state index contributed by atoms with van der Waals surface area (Å²) in [5.74, 6) is -1.18. The van der Waals surface area contributed by atoms with Gasteiger partial charge in [-0.3, -0.25) is 4.79 Å². The molecule has 134 valence electrons. The molecule has 1 heterocycles. The number of carbonyl (C=O) groups excluding carboxylic acids is 2. The van der Waals surface area contributed by atoms with Crippen molar-refractivity contribution in [3.05, 3.63) is 64.9 Å². The number of amides is 1. The van der Waals surface area contributed by atoms with Crippen molar-refractivity contribution in [2.24, 2.45) is 0 Å². The number of methoxy groups -OCH3 is 1. The van der Waals surface area contributed by atoms with Crippen LogP contribution in [0.1, 0.15) is 16.1 Å². The standard InChI is InChI=1S/C19H16ClNO5/c1-24-10-15-14-7-2-3-8-16(14)26-18(15)19(23)25-11-17(22)21-13-6-4-5-12(20)9-13/h2-9H,10-11H2,1H3,(H,21,22). The molecule has 0 saturated carbocycles. The molecule has 0 fully saturated rings. The Morgan fingerprint density at radius 1 is 1.15 bits per heavy atom. The second-order valence-electron chi connectivity index (χ2n) is 5.47. The lowest BCUT2D eigenvalue weighted by Crippen LogP contribution is -2.21. The summed E-state index contributed by atoms with van der Waals surface area (Å²) in [4.78, 5) is 24.3. The molecule has 26 heavy (non-hydrogen) atoms. The van der Waals surface area contributed by atoms with Gasteiger partial charge in [0.25, 0.3) is 5.91 Å². The van der Waals surface area contributed by atoms with Gasteiger partial charge in [-0.05, 0) is 24.3 Å². The van der Waals surface area contributed by atoms with Crippen molar-refractivity contribution < 1.29 is 23.5 Å². The zero-order valence-electron chi connectivity index (χ0n) is 14.0. The Labute approximate surface area is 154 Å². The van der Waals surface area contributed by atoms with Gasteiger partial charge in [-0.1, -0.05) is 35.9 Å². The van der Waals surface area contributed by atoms with E-state index in [0.29, 0.717) is 21.9 Å². The van der Waals surface area contributed by atoms with Crippen LogP contribution in [0, 0.1) is 0 Å². The van der Waals surface area contributed by atoms with Crippen LogP contribution in [0.3, 0.4) is 0 Å². The molecule has 0 radical (unpaired) electrons. The van der Waals surface area contributed by atoms with Gasteiger partial charge in [0.05, 0.1) is 6.61 Å². The van der Waals surface area contributed by atoms with Gasteiger partial charge in [0.15, 0.2) is 6.61 Å². The number of anilines is 1. The van der Waals surface area contributed by atoms with E-state index in [-0.39, 0.29) is 12.4 Å². The third-order valence-corrected chi connectivity index (χ3v) is 3.85. The first-order valence-electron chi connectivity index (χ1n) is 7.80. The first-order valence-corrected chi connectivity index (χ1v) is 8.18. The number of benzene rings is 2. The molecule has 1 N–H and O–H groups in total. The lowest BCUT2D eigenvalue weighted by atomic mass is 10.1. The number of carbonyl (C=O) groups is 2. The van der Waals surface area contributed by atoms with Crippen LogP contribution >= 0.6 is 11.6 Å². The molecule has 0 aliphatic carbocycles. The van der Waals surface area contributed by atoms with Gasteiger partial charge < -0.3 is 19.2 Å². The quantitative estimate of drug-likeness (QED) is 0.660. The van der Waals surface area contributed by atoms with Gasteiger partial charge in [0, 0.05) is 28.8 Å². The Kier molecular flexibility index (Phi) is 5.55. The van der Waals surface area contributed by atoms with E-state index in [4.69, 9.17) is 25.5 Å². The van der Waals surface area contributed by atoms with E-state index in [2.05, 4.69) is 5.32 Å². The van der Waals surface area contributed by atoms with Crippen LogP contribution in [0.2, 0.25) is 5.02 Å². The summed E-state index contributed by atoms with van der Waals surface area (Å²) >= 11 is 5.86. The summed E-state index contributed by atoms with van der Waals surface area (Å²) in [7, 11) is 1.52. The number of hydrogen-bond donors (Lipinski definition) is 1. The summed E-state index contributed by atoms with van der Waals surface area (Å²) in [6.07, 6.45) is 0. The first kappa shape index (κ1) is 18.0. The average molecular weight is 374 g/mol. The van der Waals surface area contributed by atoms with E-state index in [1.807, 2.05) is 12.1 Å². The zero-order chi connectivity index (χ0) is 18.5. The second-order valence-corrected chi connectivity index (χ2v) is 5.91. The molecule has 1 aromatic heterocycles. The number of hydrogen-bond acceptors (Lipinski definition) is 5. The molecule has 0 saturated heterocycles. The van der Waals surface area contributed by atoms with Crippen molar-refractivity contribution in [1.82, 2.24) is 0 Å². The van der Waals surface area contributed by atoms with E-state index in [1.165, 1.54) is 7.11 Å². The van der Waals surface area contributed by atoms with Crippen molar-refractivity contribution in [3.8, 4) is 0 Å². The molecule has 0 atom stereocenters. The first-order chi connectivity index (χ1) is 12.6. The Morgan fingerprint density at radius 3 is 2.73 bits per heavy atom. The molecular formula is C19H16ClNO5. The summed E-state index contributed by atoms with van der Waals surface area (Å²) in [5.41, 5.74) is 1.65. The molecule has 7 heteroatoms. The fraction of sp³-hybridized carbons (Fsp3) is 0.158. The van der Waals surface area contributed by atoms with Crippen molar-refractivity contribution in [3.63, 3.8) is 0 Å². The van der Waals surface area contributed by atoms with Crippen molar-refractivity contribution in [1.29, 1.82) is 0 Å². The Balaban J connectivity index is 1.69. The highest BCUT2D eigenvalue weighted by atomic mass is 35.5. The van der Waals surface area contributed by atoms with Crippen LogP contribution in [-0.2, 0) is 20.9 Å². The number of rotatable bonds is 6. The van der Waals surface area contributed by atoms with Crippen molar-refractivity contribution in [2.75, 3.05) is 19.0 Å². The number of ether oxygens (including phenoxy) is 2. The maximum Gasteiger partial charge on any atom is 0.375 e. The van der Waals surface area contributed by atoms with Crippen molar-refractivity contribution >= 4 is 40.1 Å². The normalized spacial score (nSPS) is 10.7. The smallest absolute Gasteiger partial charge is 0.375 e. The third kappa shape index (κ3) is 4.04. The Hall–Kier alpha value is -2.83. The van der Waals surface area contributed by atoms with Crippen LogP contribution in [0.15, 0.2) is 52.9 Å². The number of esters is 1. The molecule has 0 aliphatic heterocycles. The molecule has 1 amide bonds. The lowest BCUT2D eigenvalue weighted by Gasteiger charge is -2.07. The number of para-hydroxylation sites is 1. The Morgan fingerprint density at radius 2 is 1.96 bits per heavy atom. The SMILES string of the molecule is COCc1c(C(=O)OCC(=O)Nc2cccc(Cl)c2)oc2ccccc12. The number of furan rings is 1. The van der Waals surface area contributed by atoms with Crippen LogP contribution in [-0.4, -0.2) is 25.6 Å². The molecule has 0 spiro atoms. The summed E-state index contributed by atoms with van der Waals surface area (Å²) in [5, 5.41) is 3.86. The van der Waals surface area contributed by atoms with Crippen molar-refractivity contribution in [2.45, 2.75) is 6.61 Å². The lowest BCUT2D eigenvalue weighted by molar-refractivity contribution is -0.119. The monoisotopic (exact) mass is 373 g/mol. The average Bonchev–Trinajstić information content (AvgIpc) is 2.99. The minimum absolute atomic E-state index is 0.0311. The second kappa shape index (κ2) is 8.03. The van der Waals surface area contributed by atoms with Gasteiger partial charge in [-0.15, -0.1) is 0 Å². The highest BCUT2D eigenvalue weighted by Gasteiger charge is 2.22. The van der Waals surface area contributed by atoms with Crippen LogP contribution in [0.4, 0.5) is 5.69 Å². The largest absolute Gasteiger partial charge is 0.450 e. The van der Waals surface area contributed by atoms with Crippen LogP contribution in [0.25, 0.3) is 11.0 Å². The maximum absolute atomic E-state index is 12.3. The highest BCUT2D eigenvalue weighted by molar-refractivity contribution is 6.30. The molecule has 0 bridgehead atoms. The Bertz CT molecular complexity index is 950. The number of halogens is 1. The fourth-order valence-corrected chi connectivity index (χ4v) is 2.70. The number of nitrogens with one attached hydrogen (secondary N) is 1.